The lowest BCUT2D eigenvalue weighted by Crippen LogP contribution is -2.31. The van der Waals surface area contributed by atoms with E-state index >= 15 is 0 Å². The van der Waals surface area contributed by atoms with Crippen LogP contribution < -0.4 is 5.32 Å². The number of carbonyl (C=O) groups is 1. The zero-order chi connectivity index (χ0) is 12.4. The van der Waals surface area contributed by atoms with Crippen molar-refractivity contribution in [2.75, 3.05) is 6.54 Å². The molecule has 1 amide bonds. The van der Waals surface area contributed by atoms with E-state index < -0.39 is 0 Å². The Bertz CT molecular complexity index is 498. The van der Waals surface area contributed by atoms with Gasteiger partial charge < -0.3 is 5.32 Å². The van der Waals surface area contributed by atoms with Crippen LogP contribution in [0, 0.1) is 0 Å². The lowest BCUT2D eigenvalue weighted by atomic mass is 10.2. The van der Waals surface area contributed by atoms with Crippen LogP contribution in [-0.4, -0.2) is 22.7 Å². The highest BCUT2D eigenvalue weighted by atomic mass is 32.2. The highest BCUT2D eigenvalue weighted by molar-refractivity contribution is 8.15. The molecule has 2 heterocycles. The maximum Gasteiger partial charge on any atom is 0.233 e. The second-order valence-corrected chi connectivity index (χ2v) is 5.98. The van der Waals surface area contributed by atoms with E-state index in [0.717, 1.165) is 43.0 Å². The zero-order valence-electron chi connectivity index (χ0n) is 10.2. The van der Waals surface area contributed by atoms with E-state index in [4.69, 9.17) is 0 Å². The number of aliphatic imine (C=N–C) groups is 1. The Kier molecular flexibility index (Phi) is 3.37. The van der Waals surface area contributed by atoms with Gasteiger partial charge in [-0.2, -0.15) is 0 Å². The van der Waals surface area contributed by atoms with Crippen molar-refractivity contribution in [2.45, 2.75) is 30.9 Å². The molecule has 4 heteroatoms. The quantitative estimate of drug-likeness (QED) is 0.843. The zero-order valence-corrected chi connectivity index (χ0v) is 11.0. The van der Waals surface area contributed by atoms with Crippen LogP contribution in [0.5, 0.6) is 0 Å². The number of rotatable bonds is 1. The molecular weight excluding hydrogens is 244 g/mol. The number of amides is 1. The maximum absolute atomic E-state index is 11.9. The van der Waals surface area contributed by atoms with Gasteiger partial charge in [-0.15, -0.1) is 0 Å². The van der Waals surface area contributed by atoms with Gasteiger partial charge in [-0.1, -0.05) is 36.4 Å². The number of benzene rings is 1. The fourth-order valence-corrected chi connectivity index (χ4v) is 3.56. The minimum Gasteiger partial charge on any atom is -0.355 e. The molecule has 94 valence electrons. The van der Waals surface area contributed by atoms with Gasteiger partial charge in [0.2, 0.25) is 5.91 Å². The highest BCUT2D eigenvalue weighted by Crippen LogP contribution is 2.32. The number of nitrogens with zero attached hydrogens (tertiary/aromatic N) is 1. The van der Waals surface area contributed by atoms with Crippen LogP contribution in [0.3, 0.4) is 0 Å². The minimum absolute atomic E-state index is 0.0422. The van der Waals surface area contributed by atoms with Gasteiger partial charge in [0.25, 0.3) is 0 Å². The lowest BCUT2D eigenvalue weighted by molar-refractivity contribution is -0.120. The molecule has 0 bridgehead atoms. The topological polar surface area (TPSA) is 41.5 Å². The van der Waals surface area contributed by atoms with Gasteiger partial charge >= 0.3 is 0 Å². The molecule has 1 fully saturated rings. The van der Waals surface area contributed by atoms with Crippen LogP contribution in [0.25, 0.3) is 0 Å². The summed E-state index contributed by atoms with van der Waals surface area (Å²) in [7, 11) is 0. The van der Waals surface area contributed by atoms with Gasteiger partial charge in [0.1, 0.15) is 0 Å². The molecule has 3 rings (SSSR count). The van der Waals surface area contributed by atoms with Crippen molar-refractivity contribution in [1.82, 2.24) is 5.32 Å². The molecule has 1 saturated heterocycles. The van der Waals surface area contributed by atoms with Gasteiger partial charge in [-0.3, -0.25) is 4.79 Å². The van der Waals surface area contributed by atoms with E-state index in [1.807, 2.05) is 18.2 Å². The van der Waals surface area contributed by atoms with Crippen molar-refractivity contribution in [2.24, 2.45) is 4.99 Å². The Balaban J connectivity index is 1.69. The molecule has 0 aliphatic carbocycles. The number of carbonyl (C=O) groups excluding carboxylic acids is 1. The molecule has 0 saturated carbocycles. The first-order chi connectivity index (χ1) is 8.83. The van der Waals surface area contributed by atoms with Crippen LogP contribution >= 0.6 is 11.8 Å². The summed E-state index contributed by atoms with van der Waals surface area (Å²) in [5.74, 6) is 0.177. The van der Waals surface area contributed by atoms with Crippen molar-refractivity contribution in [3.05, 3.63) is 29.8 Å². The molecule has 1 aromatic rings. The normalized spacial score (nSPS) is 23.0. The molecule has 2 aliphatic heterocycles. The Hall–Kier alpha value is -1.29. The van der Waals surface area contributed by atoms with E-state index in [1.165, 1.54) is 5.56 Å². The Morgan fingerprint density at radius 2 is 2.17 bits per heavy atom. The Morgan fingerprint density at radius 1 is 1.28 bits per heavy atom. The molecule has 1 aromatic carbocycles. The van der Waals surface area contributed by atoms with Gasteiger partial charge in [0.05, 0.1) is 16.0 Å². The second kappa shape index (κ2) is 5.14. The summed E-state index contributed by atoms with van der Waals surface area (Å²) < 4.78 is 0. The molecule has 1 atom stereocenters. The monoisotopic (exact) mass is 260 g/mol. The third-order valence-corrected chi connectivity index (χ3v) is 4.58. The Labute approximate surface area is 111 Å². The first-order valence-corrected chi connectivity index (χ1v) is 7.31. The molecule has 0 spiro atoms. The number of hydrogen-bond donors (Lipinski definition) is 1. The standard InChI is InChI=1S/C14H16N2OS/c17-14-12(7-3-4-8-15-14)18-13-9-10-5-1-2-6-11(10)16-13/h1-2,5-6,12H,3-4,7-9H2,(H,15,17)/t12-/m0/s1. The number of hydrogen-bond acceptors (Lipinski definition) is 3. The molecule has 0 unspecified atom stereocenters. The van der Waals surface area contributed by atoms with E-state index in [-0.39, 0.29) is 11.2 Å². The first-order valence-electron chi connectivity index (χ1n) is 6.43. The Morgan fingerprint density at radius 3 is 3.06 bits per heavy atom. The van der Waals surface area contributed by atoms with Gasteiger partial charge in [0.15, 0.2) is 0 Å². The van der Waals surface area contributed by atoms with Gasteiger partial charge in [-0.25, -0.2) is 4.99 Å². The lowest BCUT2D eigenvalue weighted by Gasteiger charge is -2.11. The van der Waals surface area contributed by atoms with E-state index in [0.29, 0.717) is 0 Å². The number of thioether (sulfide) groups is 1. The molecule has 18 heavy (non-hydrogen) atoms. The predicted molar refractivity (Wildman–Crippen MR) is 75.5 cm³/mol. The number of fused-ring (bicyclic) bond motifs is 1. The van der Waals surface area contributed by atoms with Gasteiger partial charge in [0, 0.05) is 13.0 Å². The van der Waals surface area contributed by atoms with Crippen LogP contribution in [-0.2, 0) is 11.2 Å². The minimum atomic E-state index is 0.0422. The van der Waals surface area contributed by atoms with Crippen molar-refractivity contribution in [3.63, 3.8) is 0 Å². The van der Waals surface area contributed by atoms with Crippen molar-refractivity contribution in [1.29, 1.82) is 0 Å². The molecular formula is C14H16N2OS. The van der Waals surface area contributed by atoms with Crippen LogP contribution in [0.1, 0.15) is 24.8 Å². The number of para-hydroxylation sites is 1. The van der Waals surface area contributed by atoms with Crippen molar-refractivity contribution >= 4 is 28.4 Å². The fourth-order valence-electron chi connectivity index (χ4n) is 2.36. The van der Waals surface area contributed by atoms with Crippen LogP contribution in [0.2, 0.25) is 0 Å². The summed E-state index contributed by atoms with van der Waals surface area (Å²) in [6.45, 7) is 0.822. The fraction of sp³-hybridized carbons (Fsp3) is 0.429. The molecule has 0 aromatic heterocycles. The predicted octanol–water partition coefficient (Wildman–Crippen LogP) is 2.67. The van der Waals surface area contributed by atoms with Crippen molar-refractivity contribution < 1.29 is 4.79 Å². The first kappa shape index (κ1) is 11.8. The third-order valence-electron chi connectivity index (χ3n) is 3.34. The molecule has 2 aliphatic rings. The summed E-state index contributed by atoms with van der Waals surface area (Å²) in [4.78, 5) is 16.5. The average Bonchev–Trinajstić information content (AvgIpc) is 2.68. The molecule has 3 nitrogen and oxygen atoms in total. The SMILES string of the molecule is O=C1NCCCC[C@@H]1SC1=Nc2ccccc2C1. The molecule has 1 N–H and O–H groups in total. The van der Waals surface area contributed by atoms with E-state index in [2.05, 4.69) is 16.4 Å². The average molecular weight is 260 g/mol. The third kappa shape index (κ3) is 2.43. The summed E-state index contributed by atoms with van der Waals surface area (Å²) >= 11 is 1.64. The molecule has 0 radical (unpaired) electrons. The summed E-state index contributed by atoms with van der Waals surface area (Å²) in [5, 5.41) is 4.10. The van der Waals surface area contributed by atoms with Crippen LogP contribution in [0.15, 0.2) is 29.3 Å². The number of nitrogens with one attached hydrogen (secondary N) is 1. The van der Waals surface area contributed by atoms with Crippen LogP contribution in [0.4, 0.5) is 5.69 Å². The van der Waals surface area contributed by atoms with E-state index in [1.54, 1.807) is 11.8 Å². The largest absolute Gasteiger partial charge is 0.355 e. The summed E-state index contributed by atoms with van der Waals surface area (Å²) in [6, 6.07) is 8.20. The van der Waals surface area contributed by atoms with Crippen molar-refractivity contribution in [3.8, 4) is 0 Å². The smallest absolute Gasteiger partial charge is 0.233 e. The summed E-state index contributed by atoms with van der Waals surface area (Å²) in [5.41, 5.74) is 2.34. The van der Waals surface area contributed by atoms with E-state index in [9.17, 15) is 4.79 Å². The second-order valence-electron chi connectivity index (χ2n) is 4.70. The highest BCUT2D eigenvalue weighted by Gasteiger charge is 2.25. The maximum atomic E-state index is 11.9. The summed E-state index contributed by atoms with van der Waals surface area (Å²) in [6.07, 6.45) is 4.06. The van der Waals surface area contributed by atoms with Gasteiger partial charge in [-0.05, 0) is 24.5 Å².